The van der Waals surface area contributed by atoms with Crippen LogP contribution in [0.15, 0.2) is 42.5 Å². The van der Waals surface area contributed by atoms with Gasteiger partial charge in [0.05, 0.1) is 31.2 Å². The molecule has 30 heavy (non-hydrogen) atoms. The van der Waals surface area contributed by atoms with E-state index in [2.05, 4.69) is 5.32 Å². The van der Waals surface area contributed by atoms with Crippen molar-refractivity contribution < 1.29 is 27.5 Å². The lowest BCUT2D eigenvalue weighted by Crippen LogP contribution is -2.45. The summed E-state index contributed by atoms with van der Waals surface area (Å²) in [5, 5.41) is 2.73. The van der Waals surface area contributed by atoms with Crippen LogP contribution in [0.25, 0.3) is 0 Å². The first-order chi connectivity index (χ1) is 14.1. The smallest absolute Gasteiger partial charge is 0.338 e. The van der Waals surface area contributed by atoms with Crippen LogP contribution in [0.3, 0.4) is 0 Å². The fraction of sp³-hybridized carbons (Fsp3) is 0.333. The number of sulfonamides is 1. The van der Waals surface area contributed by atoms with E-state index in [1.165, 1.54) is 14.0 Å². The maximum atomic E-state index is 12.9. The molecule has 0 fully saturated rings. The van der Waals surface area contributed by atoms with Crippen molar-refractivity contribution in [3.8, 4) is 5.75 Å². The Hall–Kier alpha value is -3.07. The van der Waals surface area contributed by atoms with Gasteiger partial charge in [-0.25, -0.2) is 13.2 Å². The standard InChI is InChI=1S/C21H26N2O6S/c1-6-29-21(25)16-10-11-19(14(2)12-16)22-20(24)15(3)23(30(5,26)27)17-8-7-9-18(13-17)28-4/h7-13,15H,6H2,1-5H3,(H,22,24)/t15-/m1/s1. The SMILES string of the molecule is CCOC(=O)c1ccc(NC(=O)[C@@H](C)N(c2cccc(OC)c2)S(C)(=O)=O)c(C)c1. The topological polar surface area (TPSA) is 102 Å². The van der Waals surface area contributed by atoms with Gasteiger partial charge >= 0.3 is 5.97 Å². The third kappa shape index (κ3) is 5.50. The van der Waals surface area contributed by atoms with E-state index in [4.69, 9.17) is 9.47 Å². The third-order valence-corrected chi connectivity index (χ3v) is 5.63. The quantitative estimate of drug-likeness (QED) is 0.641. The Bertz CT molecular complexity index is 1040. The zero-order valence-corrected chi connectivity index (χ0v) is 18.4. The first-order valence-corrected chi connectivity index (χ1v) is 11.2. The molecule has 0 aliphatic carbocycles. The number of nitrogens with one attached hydrogen (secondary N) is 1. The van der Waals surface area contributed by atoms with Crippen molar-refractivity contribution in [2.75, 3.05) is 29.6 Å². The molecule has 0 spiro atoms. The first kappa shape index (κ1) is 23.2. The van der Waals surface area contributed by atoms with Gasteiger partial charge in [0.25, 0.3) is 0 Å². The third-order valence-electron chi connectivity index (χ3n) is 4.39. The number of hydrogen-bond acceptors (Lipinski definition) is 6. The second-order valence-corrected chi connectivity index (χ2v) is 8.54. The summed E-state index contributed by atoms with van der Waals surface area (Å²) in [5.74, 6) is -0.498. The van der Waals surface area contributed by atoms with Gasteiger partial charge in [-0.2, -0.15) is 0 Å². The monoisotopic (exact) mass is 434 g/mol. The molecule has 2 aromatic carbocycles. The van der Waals surface area contributed by atoms with E-state index in [0.29, 0.717) is 28.3 Å². The van der Waals surface area contributed by atoms with Crippen molar-refractivity contribution >= 4 is 33.3 Å². The highest BCUT2D eigenvalue weighted by Gasteiger charge is 2.29. The Balaban J connectivity index is 2.29. The maximum absolute atomic E-state index is 12.9. The van der Waals surface area contributed by atoms with Gasteiger partial charge in [0.15, 0.2) is 0 Å². The van der Waals surface area contributed by atoms with Crippen molar-refractivity contribution in [3.05, 3.63) is 53.6 Å². The summed E-state index contributed by atoms with van der Waals surface area (Å²) in [6.45, 7) is 5.22. The fourth-order valence-electron chi connectivity index (χ4n) is 2.94. The second-order valence-electron chi connectivity index (χ2n) is 6.68. The molecule has 2 aromatic rings. The molecule has 1 atom stereocenters. The number of esters is 1. The van der Waals surface area contributed by atoms with Crippen LogP contribution >= 0.6 is 0 Å². The van der Waals surface area contributed by atoms with E-state index in [0.717, 1.165) is 10.6 Å². The van der Waals surface area contributed by atoms with Crippen LogP contribution in [0.2, 0.25) is 0 Å². The van der Waals surface area contributed by atoms with Gasteiger partial charge in [0.2, 0.25) is 15.9 Å². The minimum Gasteiger partial charge on any atom is -0.497 e. The summed E-state index contributed by atoms with van der Waals surface area (Å²) < 4.78 is 36.0. The van der Waals surface area contributed by atoms with Crippen molar-refractivity contribution in [3.63, 3.8) is 0 Å². The van der Waals surface area contributed by atoms with Crippen molar-refractivity contribution in [2.45, 2.75) is 26.8 Å². The fourth-order valence-corrected chi connectivity index (χ4v) is 4.11. The molecular formula is C21H26N2O6S. The van der Waals surface area contributed by atoms with Gasteiger partial charge in [0.1, 0.15) is 11.8 Å². The number of benzene rings is 2. The number of rotatable bonds is 8. The summed E-state index contributed by atoms with van der Waals surface area (Å²) >= 11 is 0. The van der Waals surface area contributed by atoms with Gasteiger partial charge in [-0.15, -0.1) is 0 Å². The Kier molecular flexibility index (Phi) is 7.44. The van der Waals surface area contributed by atoms with Crippen molar-refractivity contribution in [2.24, 2.45) is 0 Å². The van der Waals surface area contributed by atoms with Crippen molar-refractivity contribution in [1.29, 1.82) is 0 Å². The first-order valence-electron chi connectivity index (χ1n) is 9.30. The number of methoxy groups -OCH3 is 1. The normalized spacial score (nSPS) is 12.0. The van der Waals surface area contributed by atoms with Crippen LogP contribution in [0, 0.1) is 6.92 Å². The Morgan fingerprint density at radius 1 is 1.17 bits per heavy atom. The molecule has 1 amide bonds. The van der Waals surface area contributed by atoms with E-state index in [-0.39, 0.29) is 6.61 Å². The number of hydrogen-bond donors (Lipinski definition) is 1. The van der Waals surface area contributed by atoms with Gasteiger partial charge in [-0.1, -0.05) is 6.07 Å². The number of nitrogens with zero attached hydrogens (tertiary/aromatic N) is 1. The highest BCUT2D eigenvalue weighted by molar-refractivity contribution is 7.92. The molecular weight excluding hydrogens is 408 g/mol. The number of carbonyl (C=O) groups is 2. The Labute approximate surface area is 176 Å². The summed E-state index contributed by atoms with van der Waals surface area (Å²) in [5.41, 5.74) is 1.80. The highest BCUT2D eigenvalue weighted by Crippen LogP contribution is 2.26. The lowest BCUT2D eigenvalue weighted by atomic mass is 10.1. The van der Waals surface area contributed by atoms with E-state index in [1.807, 2.05) is 0 Å². The van der Waals surface area contributed by atoms with Gasteiger partial charge < -0.3 is 14.8 Å². The molecule has 0 radical (unpaired) electrons. The van der Waals surface area contributed by atoms with Crippen LogP contribution in [0.4, 0.5) is 11.4 Å². The maximum Gasteiger partial charge on any atom is 0.338 e. The molecule has 0 unspecified atom stereocenters. The number of anilines is 2. The molecule has 0 bridgehead atoms. The van der Waals surface area contributed by atoms with Gasteiger partial charge in [-0.3, -0.25) is 9.10 Å². The minimum absolute atomic E-state index is 0.263. The zero-order valence-electron chi connectivity index (χ0n) is 17.6. The van der Waals surface area contributed by atoms with E-state index in [9.17, 15) is 18.0 Å². The summed E-state index contributed by atoms with van der Waals surface area (Å²) in [7, 11) is -2.28. The van der Waals surface area contributed by atoms with Crippen LogP contribution in [-0.2, 0) is 19.6 Å². The predicted octanol–water partition coefficient (Wildman–Crippen LogP) is 2.97. The van der Waals surface area contributed by atoms with E-state index in [1.54, 1.807) is 56.3 Å². The van der Waals surface area contributed by atoms with Crippen molar-refractivity contribution in [1.82, 2.24) is 0 Å². The molecule has 0 saturated heterocycles. The molecule has 9 heteroatoms. The molecule has 0 heterocycles. The number of carbonyl (C=O) groups excluding carboxylic acids is 2. The molecule has 1 N–H and O–H groups in total. The molecule has 0 saturated carbocycles. The van der Waals surface area contributed by atoms with Gasteiger partial charge in [-0.05, 0) is 56.7 Å². The van der Waals surface area contributed by atoms with Gasteiger partial charge in [0, 0.05) is 11.8 Å². The summed E-state index contributed by atoms with van der Waals surface area (Å²) in [6.07, 6.45) is 1.04. The largest absolute Gasteiger partial charge is 0.497 e. The molecule has 8 nitrogen and oxygen atoms in total. The lowest BCUT2D eigenvalue weighted by Gasteiger charge is -2.28. The number of ether oxygens (including phenoxy) is 2. The second kappa shape index (κ2) is 9.62. The van der Waals surface area contributed by atoms with E-state index < -0.39 is 27.9 Å². The average molecular weight is 435 g/mol. The van der Waals surface area contributed by atoms with Crippen LogP contribution in [0.1, 0.15) is 29.8 Å². The number of aryl methyl sites for hydroxylation is 1. The van der Waals surface area contributed by atoms with E-state index >= 15 is 0 Å². The lowest BCUT2D eigenvalue weighted by molar-refractivity contribution is -0.116. The Morgan fingerprint density at radius 2 is 1.87 bits per heavy atom. The predicted molar refractivity (Wildman–Crippen MR) is 116 cm³/mol. The summed E-state index contributed by atoms with van der Waals surface area (Å²) in [6, 6.07) is 10.2. The minimum atomic E-state index is -3.76. The molecule has 2 rings (SSSR count). The molecule has 0 aliphatic heterocycles. The molecule has 162 valence electrons. The van der Waals surface area contributed by atoms with Crippen LogP contribution in [-0.4, -0.2) is 46.3 Å². The Morgan fingerprint density at radius 3 is 2.43 bits per heavy atom. The average Bonchev–Trinajstić information content (AvgIpc) is 2.68. The number of amides is 1. The molecule has 0 aromatic heterocycles. The summed E-state index contributed by atoms with van der Waals surface area (Å²) in [4.78, 5) is 24.7. The van der Waals surface area contributed by atoms with Crippen LogP contribution in [0.5, 0.6) is 5.75 Å². The molecule has 0 aliphatic rings. The highest BCUT2D eigenvalue weighted by atomic mass is 32.2. The zero-order chi connectivity index (χ0) is 22.5. The van der Waals surface area contributed by atoms with Crippen LogP contribution < -0.4 is 14.4 Å².